The lowest BCUT2D eigenvalue weighted by molar-refractivity contribution is 0.125. The monoisotopic (exact) mass is 194 g/mol. The van der Waals surface area contributed by atoms with Gasteiger partial charge in [-0.3, -0.25) is 0 Å². The van der Waals surface area contributed by atoms with Crippen molar-refractivity contribution in [3.8, 4) is 0 Å². The van der Waals surface area contributed by atoms with Gasteiger partial charge in [0, 0.05) is 14.1 Å². The summed E-state index contributed by atoms with van der Waals surface area (Å²) in [5.41, 5.74) is 0. The van der Waals surface area contributed by atoms with E-state index in [0.29, 0.717) is 17.5 Å². The third-order valence-electron chi connectivity index (χ3n) is 3.55. The Labute approximate surface area is 86.9 Å². The fourth-order valence-electron chi connectivity index (χ4n) is 2.64. The molecule has 0 spiro atoms. The van der Waals surface area contributed by atoms with Gasteiger partial charge in [-0.05, 0) is 12.8 Å². The molecule has 0 N–H and O–H groups in total. The van der Waals surface area contributed by atoms with E-state index < -0.39 is 0 Å². The Morgan fingerprint density at radius 3 is 3.00 bits per heavy atom. The normalized spacial score (nSPS) is 45.1. The minimum absolute atomic E-state index is 0.363. The second-order valence-electron chi connectivity index (χ2n) is 5.25. The number of aliphatic imine (C=N–C) groups is 1. The zero-order valence-corrected chi connectivity index (χ0v) is 9.58. The fraction of sp³-hybridized carbons (Fsp3) is 0.900. The maximum atomic E-state index is 5.84. The van der Waals surface area contributed by atoms with Gasteiger partial charge >= 0.3 is 0 Å². The third-order valence-corrected chi connectivity index (χ3v) is 3.55. The van der Waals surface area contributed by atoms with Crippen molar-refractivity contribution < 1.29 is 4.74 Å². The summed E-state index contributed by atoms with van der Waals surface area (Å²) in [5, 5.41) is 0.436. The minimum atomic E-state index is 0.363. The number of nitrogens with zero attached hydrogens (tertiary/aromatic N) is 2. The maximum absolute atomic E-state index is 5.84. The summed E-state index contributed by atoms with van der Waals surface area (Å²) in [5.74, 6) is 0. The van der Waals surface area contributed by atoms with Crippen LogP contribution in [0.3, 0.4) is 0 Å². The van der Waals surface area contributed by atoms with E-state index in [4.69, 9.17) is 4.74 Å². The topological polar surface area (TPSA) is 24.8 Å². The Morgan fingerprint density at radius 1 is 1.64 bits per heavy atom. The summed E-state index contributed by atoms with van der Waals surface area (Å²) in [7, 11) is 6.22. The molecule has 1 aliphatic heterocycles. The van der Waals surface area contributed by atoms with Gasteiger partial charge in [-0.15, -0.1) is 0 Å². The van der Waals surface area contributed by atoms with Gasteiger partial charge in [0.25, 0.3) is 6.02 Å². The highest BCUT2D eigenvalue weighted by molar-refractivity contribution is 6.15. The molecule has 0 radical (unpaired) electrons. The summed E-state index contributed by atoms with van der Waals surface area (Å²) in [4.78, 5) is 6.36. The zero-order valence-electron chi connectivity index (χ0n) is 9.58. The van der Waals surface area contributed by atoms with Crippen LogP contribution in [0.1, 0.15) is 26.2 Å². The number of amidine groups is 1. The van der Waals surface area contributed by atoms with Gasteiger partial charge < -0.3 is 9.64 Å². The molecule has 3 atom stereocenters. The van der Waals surface area contributed by atoms with Crippen LogP contribution in [0.2, 0.25) is 5.31 Å². The highest BCUT2D eigenvalue weighted by atomic mass is 16.5. The second kappa shape index (κ2) is 3.18. The van der Waals surface area contributed by atoms with Gasteiger partial charge in [0.15, 0.2) is 0 Å². The average molecular weight is 194 g/mol. The van der Waals surface area contributed by atoms with Gasteiger partial charge in [0.2, 0.25) is 0 Å². The summed E-state index contributed by atoms with van der Waals surface area (Å²) in [6.07, 6.45) is 4.04. The van der Waals surface area contributed by atoms with Crippen molar-refractivity contribution in [2.75, 3.05) is 14.1 Å². The molecule has 2 fully saturated rings. The molecule has 4 heteroatoms. The van der Waals surface area contributed by atoms with Gasteiger partial charge in [0.1, 0.15) is 14.0 Å². The molecule has 1 aliphatic carbocycles. The first-order valence-corrected chi connectivity index (χ1v) is 5.40. The van der Waals surface area contributed by atoms with Crippen LogP contribution in [0.4, 0.5) is 0 Å². The van der Waals surface area contributed by atoms with E-state index in [0.717, 1.165) is 12.4 Å². The van der Waals surface area contributed by atoms with Crippen LogP contribution in [-0.4, -0.2) is 45.0 Å². The van der Waals surface area contributed by atoms with Gasteiger partial charge in [-0.25, -0.2) is 4.99 Å². The van der Waals surface area contributed by atoms with E-state index in [9.17, 15) is 0 Å². The van der Waals surface area contributed by atoms with Crippen molar-refractivity contribution in [3.63, 3.8) is 0 Å². The van der Waals surface area contributed by atoms with E-state index in [1.165, 1.54) is 12.8 Å². The quantitative estimate of drug-likeness (QED) is 0.529. The molecule has 78 valence electrons. The Morgan fingerprint density at radius 2 is 2.36 bits per heavy atom. The predicted octanol–water partition coefficient (Wildman–Crippen LogP) is 0.667. The number of hydrogen-bond donors (Lipinski definition) is 0. The third kappa shape index (κ3) is 1.51. The molecule has 3 unspecified atom stereocenters. The average Bonchev–Trinajstić information content (AvgIpc) is 2.40. The summed E-state index contributed by atoms with van der Waals surface area (Å²) in [6.45, 7) is 2.33. The van der Waals surface area contributed by atoms with Crippen molar-refractivity contribution in [1.82, 2.24) is 4.90 Å². The van der Waals surface area contributed by atoms with Crippen molar-refractivity contribution in [2.24, 2.45) is 4.99 Å². The zero-order chi connectivity index (χ0) is 10.3. The Kier molecular flexibility index (Phi) is 2.24. The molecule has 0 amide bonds. The molecular weight excluding hydrogens is 175 g/mol. The molecule has 2 rings (SSSR count). The molecule has 0 aromatic carbocycles. The van der Waals surface area contributed by atoms with E-state index >= 15 is 0 Å². The molecule has 1 saturated heterocycles. The highest BCUT2D eigenvalue weighted by Crippen LogP contribution is 2.44. The summed E-state index contributed by atoms with van der Waals surface area (Å²) in [6, 6.07) is 1.37. The molecule has 2 aliphatic rings. The Hall–Kier alpha value is -0.665. The lowest BCUT2D eigenvalue weighted by Gasteiger charge is -2.37. The summed E-state index contributed by atoms with van der Waals surface area (Å²) < 4.78 is 5.84. The number of ether oxygens (including phenoxy) is 1. The molecule has 0 aromatic heterocycles. The minimum Gasteiger partial charge on any atom is -0.460 e. The molecule has 14 heavy (non-hydrogen) atoms. The number of fused-ring (bicyclic) bond motifs is 1. The number of rotatable bonds is 0. The molecule has 1 saturated carbocycles. The number of likely N-dealkylation sites (N-methyl/N-ethyl adjacent to an activating group) is 1. The molecular formula is C10H19BN2O. The first kappa shape index (κ1) is 9.87. The molecule has 0 bridgehead atoms. The van der Waals surface area contributed by atoms with Crippen LogP contribution in [0.25, 0.3) is 0 Å². The lowest BCUT2D eigenvalue weighted by atomic mass is 9.60. The van der Waals surface area contributed by atoms with Crippen LogP contribution in [0, 0.1) is 0 Å². The van der Waals surface area contributed by atoms with Gasteiger partial charge in [0.05, 0.1) is 6.04 Å². The van der Waals surface area contributed by atoms with Crippen LogP contribution in [0.5, 0.6) is 0 Å². The fourth-order valence-corrected chi connectivity index (χ4v) is 2.64. The first-order chi connectivity index (χ1) is 6.53. The highest BCUT2D eigenvalue weighted by Gasteiger charge is 2.44. The Bertz CT molecular complexity index is 265. The summed E-state index contributed by atoms with van der Waals surface area (Å²) >= 11 is 0. The van der Waals surface area contributed by atoms with Gasteiger partial charge in [-0.1, -0.05) is 18.7 Å². The van der Waals surface area contributed by atoms with E-state index in [1.54, 1.807) is 7.05 Å². The second-order valence-corrected chi connectivity index (χ2v) is 5.25. The van der Waals surface area contributed by atoms with Crippen LogP contribution in [0.15, 0.2) is 4.99 Å². The van der Waals surface area contributed by atoms with Crippen LogP contribution >= 0.6 is 0 Å². The van der Waals surface area contributed by atoms with Crippen molar-refractivity contribution in [1.29, 1.82) is 0 Å². The molecule has 1 heterocycles. The largest absolute Gasteiger partial charge is 0.460 e. The Balaban J connectivity index is 2.14. The molecule has 3 nitrogen and oxygen atoms in total. The smallest absolute Gasteiger partial charge is 0.287 e. The van der Waals surface area contributed by atoms with Crippen LogP contribution < -0.4 is 0 Å². The predicted molar refractivity (Wildman–Crippen MR) is 60.5 cm³/mol. The lowest BCUT2D eigenvalue weighted by Crippen LogP contribution is -2.39. The van der Waals surface area contributed by atoms with E-state index in [2.05, 4.69) is 31.7 Å². The van der Waals surface area contributed by atoms with E-state index in [1.807, 2.05) is 0 Å². The SMILES string of the molecule is BC1(C)CCC2C(C1)O/C(=N\C)N2C. The standard InChI is InChI=1S/C10H19BN2O/c1-10(11)5-4-7-8(6-10)14-9(12-2)13(7)3/h7-8H,4-6,11H2,1-3H3/b12-9-. The van der Waals surface area contributed by atoms with Crippen LogP contribution in [-0.2, 0) is 4.74 Å². The van der Waals surface area contributed by atoms with Crippen molar-refractivity contribution in [3.05, 3.63) is 0 Å². The molecule has 0 aromatic rings. The van der Waals surface area contributed by atoms with Crippen molar-refractivity contribution in [2.45, 2.75) is 43.6 Å². The van der Waals surface area contributed by atoms with E-state index in [-0.39, 0.29) is 0 Å². The maximum Gasteiger partial charge on any atom is 0.287 e. The van der Waals surface area contributed by atoms with Crippen molar-refractivity contribution >= 4 is 13.9 Å². The van der Waals surface area contributed by atoms with Gasteiger partial charge in [-0.2, -0.15) is 0 Å². The first-order valence-electron chi connectivity index (χ1n) is 5.40. The number of hydrogen-bond acceptors (Lipinski definition) is 2.